The molecule has 0 spiro atoms. The van der Waals surface area contributed by atoms with Gasteiger partial charge in [-0.15, -0.1) is 11.3 Å². The number of hydrogen-bond acceptors (Lipinski definition) is 3. The molecule has 0 radical (unpaired) electrons. The minimum atomic E-state index is -0.390. The maximum absolute atomic E-state index is 12.5. The summed E-state index contributed by atoms with van der Waals surface area (Å²) >= 11 is 1.50. The van der Waals surface area contributed by atoms with Crippen LogP contribution in [0.15, 0.2) is 47.5 Å². The zero-order valence-corrected chi connectivity index (χ0v) is 15.2. The Bertz CT molecular complexity index is 756. The van der Waals surface area contributed by atoms with Gasteiger partial charge in [-0.2, -0.15) is 0 Å². The number of thiophene rings is 1. The summed E-state index contributed by atoms with van der Waals surface area (Å²) < 4.78 is 0. The molecule has 0 fully saturated rings. The molecule has 0 unspecified atom stereocenters. The lowest BCUT2D eigenvalue weighted by molar-refractivity contribution is -0.119. The quantitative estimate of drug-likeness (QED) is 0.832. The standard InChI is InChI=1S/C19H22N2O2S/c1-13-8-5-6-10-15(13)17(22)20-16(12-14-9-7-11-24-14)18(23)21-19(2,3)4/h5-12H,1-4H3,(H,20,22)(H,21,23)/b16-12-. The third kappa shape index (κ3) is 5.06. The van der Waals surface area contributed by atoms with Crippen LogP contribution in [0.25, 0.3) is 6.08 Å². The van der Waals surface area contributed by atoms with Crippen molar-refractivity contribution in [1.29, 1.82) is 0 Å². The lowest BCUT2D eigenvalue weighted by Gasteiger charge is -2.22. The van der Waals surface area contributed by atoms with Crippen molar-refractivity contribution in [1.82, 2.24) is 10.6 Å². The molecule has 0 aliphatic carbocycles. The van der Waals surface area contributed by atoms with Crippen LogP contribution >= 0.6 is 11.3 Å². The lowest BCUT2D eigenvalue weighted by Crippen LogP contribution is -2.44. The van der Waals surface area contributed by atoms with Gasteiger partial charge in [0.1, 0.15) is 5.70 Å². The first-order valence-corrected chi connectivity index (χ1v) is 8.59. The highest BCUT2D eigenvalue weighted by Crippen LogP contribution is 2.14. The van der Waals surface area contributed by atoms with E-state index >= 15 is 0 Å². The molecular formula is C19H22N2O2S. The predicted molar refractivity (Wildman–Crippen MR) is 98.8 cm³/mol. The molecule has 126 valence electrons. The van der Waals surface area contributed by atoms with Gasteiger partial charge in [-0.3, -0.25) is 9.59 Å². The van der Waals surface area contributed by atoms with E-state index in [9.17, 15) is 9.59 Å². The molecule has 0 aliphatic rings. The molecule has 0 atom stereocenters. The van der Waals surface area contributed by atoms with E-state index in [2.05, 4.69) is 10.6 Å². The number of carbonyl (C=O) groups excluding carboxylic acids is 2. The highest BCUT2D eigenvalue weighted by Gasteiger charge is 2.20. The van der Waals surface area contributed by atoms with Gasteiger partial charge in [0.05, 0.1) is 0 Å². The van der Waals surface area contributed by atoms with E-state index in [-0.39, 0.29) is 23.1 Å². The largest absolute Gasteiger partial charge is 0.346 e. The van der Waals surface area contributed by atoms with E-state index < -0.39 is 0 Å². The van der Waals surface area contributed by atoms with Gasteiger partial charge in [0.2, 0.25) is 0 Å². The first-order valence-electron chi connectivity index (χ1n) is 7.71. The molecule has 0 aliphatic heterocycles. The first-order chi connectivity index (χ1) is 11.3. The van der Waals surface area contributed by atoms with E-state index in [0.29, 0.717) is 5.56 Å². The van der Waals surface area contributed by atoms with Crippen molar-refractivity contribution >= 4 is 29.2 Å². The Labute approximate surface area is 146 Å². The molecule has 4 nitrogen and oxygen atoms in total. The van der Waals surface area contributed by atoms with Crippen LogP contribution < -0.4 is 10.6 Å². The fourth-order valence-electron chi connectivity index (χ4n) is 2.10. The molecule has 5 heteroatoms. The van der Waals surface area contributed by atoms with Crippen molar-refractivity contribution in [3.8, 4) is 0 Å². The second-order valence-electron chi connectivity index (χ2n) is 6.55. The summed E-state index contributed by atoms with van der Waals surface area (Å²) in [7, 11) is 0. The highest BCUT2D eigenvalue weighted by molar-refractivity contribution is 7.10. The smallest absolute Gasteiger partial charge is 0.268 e. The summed E-state index contributed by atoms with van der Waals surface area (Å²) in [5.41, 5.74) is 1.26. The number of aryl methyl sites for hydroxylation is 1. The fourth-order valence-corrected chi connectivity index (χ4v) is 2.76. The van der Waals surface area contributed by atoms with E-state index in [0.717, 1.165) is 10.4 Å². The first kappa shape index (κ1) is 17.9. The van der Waals surface area contributed by atoms with Gasteiger partial charge >= 0.3 is 0 Å². The van der Waals surface area contributed by atoms with Crippen LogP contribution in [0.4, 0.5) is 0 Å². The van der Waals surface area contributed by atoms with Crippen LogP contribution in [0.2, 0.25) is 0 Å². The lowest BCUT2D eigenvalue weighted by atomic mass is 10.1. The van der Waals surface area contributed by atoms with E-state index in [1.54, 1.807) is 18.2 Å². The van der Waals surface area contributed by atoms with Gasteiger partial charge in [0, 0.05) is 16.0 Å². The Hall–Kier alpha value is -2.40. The van der Waals surface area contributed by atoms with Crippen molar-refractivity contribution in [3.05, 3.63) is 63.5 Å². The second-order valence-corrected chi connectivity index (χ2v) is 7.53. The Morgan fingerprint density at radius 2 is 1.79 bits per heavy atom. The molecule has 0 saturated carbocycles. The normalized spacial score (nSPS) is 11.9. The second kappa shape index (κ2) is 7.45. The number of benzene rings is 1. The number of hydrogen-bond donors (Lipinski definition) is 2. The molecular weight excluding hydrogens is 320 g/mol. The molecule has 1 heterocycles. The van der Waals surface area contributed by atoms with Crippen molar-refractivity contribution in [2.24, 2.45) is 0 Å². The van der Waals surface area contributed by atoms with Gasteiger partial charge in [0.25, 0.3) is 11.8 Å². The maximum Gasteiger partial charge on any atom is 0.268 e. The van der Waals surface area contributed by atoms with Crippen LogP contribution in [0, 0.1) is 6.92 Å². The number of amides is 2. The average molecular weight is 342 g/mol. The Kier molecular flexibility index (Phi) is 5.57. The van der Waals surface area contributed by atoms with E-state index in [4.69, 9.17) is 0 Å². The summed E-state index contributed by atoms with van der Waals surface area (Å²) in [5, 5.41) is 7.56. The topological polar surface area (TPSA) is 58.2 Å². The third-order valence-corrected chi connectivity index (χ3v) is 4.02. The molecule has 1 aromatic heterocycles. The minimum absolute atomic E-state index is 0.237. The fraction of sp³-hybridized carbons (Fsp3) is 0.263. The van der Waals surface area contributed by atoms with Gasteiger partial charge in [-0.1, -0.05) is 24.3 Å². The van der Waals surface area contributed by atoms with Crippen molar-refractivity contribution < 1.29 is 9.59 Å². The zero-order valence-electron chi connectivity index (χ0n) is 14.3. The zero-order chi connectivity index (χ0) is 17.7. The molecule has 2 amide bonds. The van der Waals surface area contributed by atoms with E-state index in [1.165, 1.54) is 11.3 Å². The number of carbonyl (C=O) groups is 2. The van der Waals surface area contributed by atoms with E-state index in [1.807, 2.05) is 57.3 Å². The number of rotatable bonds is 4. The van der Waals surface area contributed by atoms with Crippen molar-refractivity contribution in [2.75, 3.05) is 0 Å². The van der Waals surface area contributed by atoms with Gasteiger partial charge in [-0.05, 0) is 56.8 Å². The Morgan fingerprint density at radius 3 is 2.38 bits per heavy atom. The van der Waals surface area contributed by atoms with Crippen LogP contribution in [0.5, 0.6) is 0 Å². The molecule has 24 heavy (non-hydrogen) atoms. The molecule has 2 rings (SSSR count). The number of nitrogens with one attached hydrogen (secondary N) is 2. The van der Waals surface area contributed by atoms with Crippen LogP contribution in [-0.4, -0.2) is 17.4 Å². The summed E-state index contributed by atoms with van der Waals surface area (Å²) in [6.45, 7) is 7.57. The van der Waals surface area contributed by atoms with Gasteiger partial charge in [-0.25, -0.2) is 0 Å². The highest BCUT2D eigenvalue weighted by atomic mass is 32.1. The summed E-state index contributed by atoms with van der Waals surface area (Å²) in [5.74, 6) is -0.599. The molecule has 1 aromatic carbocycles. The summed E-state index contributed by atoms with van der Waals surface area (Å²) in [6.07, 6.45) is 1.70. The monoisotopic (exact) mass is 342 g/mol. The summed E-state index contributed by atoms with van der Waals surface area (Å²) in [6, 6.07) is 11.1. The molecule has 2 aromatic rings. The molecule has 0 bridgehead atoms. The third-order valence-electron chi connectivity index (χ3n) is 3.20. The van der Waals surface area contributed by atoms with Gasteiger partial charge < -0.3 is 10.6 Å². The van der Waals surface area contributed by atoms with Crippen molar-refractivity contribution in [2.45, 2.75) is 33.2 Å². The molecule has 0 saturated heterocycles. The minimum Gasteiger partial charge on any atom is -0.346 e. The Morgan fingerprint density at radius 1 is 1.08 bits per heavy atom. The SMILES string of the molecule is Cc1ccccc1C(=O)N/C(=C\c1cccs1)C(=O)NC(C)(C)C. The van der Waals surface area contributed by atoms with Gasteiger partial charge in [0.15, 0.2) is 0 Å². The Balaban J connectivity index is 2.28. The average Bonchev–Trinajstić information content (AvgIpc) is 2.98. The maximum atomic E-state index is 12.5. The van der Waals surface area contributed by atoms with Crippen molar-refractivity contribution in [3.63, 3.8) is 0 Å². The van der Waals surface area contributed by atoms with Crippen LogP contribution in [-0.2, 0) is 4.79 Å². The predicted octanol–water partition coefficient (Wildman–Crippen LogP) is 3.74. The molecule has 2 N–H and O–H groups in total. The van der Waals surface area contributed by atoms with Crippen LogP contribution in [0.3, 0.4) is 0 Å². The van der Waals surface area contributed by atoms with Crippen LogP contribution in [0.1, 0.15) is 41.6 Å². The summed E-state index contributed by atoms with van der Waals surface area (Å²) in [4.78, 5) is 26.0.